The Morgan fingerprint density at radius 3 is 2.39 bits per heavy atom. The molecule has 4 unspecified atom stereocenters. The van der Waals surface area contributed by atoms with E-state index >= 15 is 0 Å². The summed E-state index contributed by atoms with van der Waals surface area (Å²) in [5.74, 6) is 0.948. The largest absolute Gasteiger partial charge is 0.383 e. The van der Waals surface area contributed by atoms with Crippen LogP contribution in [0.15, 0.2) is 17.1 Å². The quantitative estimate of drug-likeness (QED) is 0.229. The Hall–Kier alpha value is -1.89. The van der Waals surface area contributed by atoms with Crippen LogP contribution in [0.3, 0.4) is 0 Å². The van der Waals surface area contributed by atoms with Gasteiger partial charge in [-0.25, -0.2) is 0 Å². The molecular weight excluding hydrogens is 296 g/mol. The fourth-order valence-corrected chi connectivity index (χ4v) is 3.96. The Morgan fingerprint density at radius 2 is 1.83 bits per heavy atom. The Bertz CT molecular complexity index is 515. The van der Waals surface area contributed by atoms with Crippen molar-refractivity contribution < 1.29 is 14.3 Å². The molecule has 2 amide bonds. The summed E-state index contributed by atoms with van der Waals surface area (Å²) in [4.78, 5) is 30.6. The smallest absolute Gasteiger partial charge is 0.233 e. The number of hydrogen-bond donors (Lipinski definition) is 2. The van der Waals surface area contributed by atoms with Crippen LogP contribution in [0.25, 0.3) is 0 Å². The molecule has 2 bridgehead atoms. The number of likely N-dealkylation sites (tertiary alicyclic amines) is 1. The summed E-state index contributed by atoms with van der Waals surface area (Å²) in [6, 6.07) is 0. The molecule has 2 aliphatic carbocycles. The topological polar surface area (TPSA) is 83.0 Å². The predicted octanol–water partition coefficient (Wildman–Crippen LogP) is -0.395. The number of aliphatic imine (C=N–C) groups is 1. The molecule has 7 nitrogen and oxygen atoms in total. The lowest BCUT2D eigenvalue weighted by molar-refractivity contribution is -0.140. The van der Waals surface area contributed by atoms with Gasteiger partial charge in [-0.3, -0.25) is 19.5 Å². The maximum Gasteiger partial charge on any atom is 0.233 e. The van der Waals surface area contributed by atoms with Crippen LogP contribution < -0.4 is 10.6 Å². The molecule has 2 fully saturated rings. The van der Waals surface area contributed by atoms with Crippen molar-refractivity contribution in [3.05, 3.63) is 12.2 Å². The number of nitrogens with one attached hydrogen (secondary N) is 2. The SMILES string of the molecule is CN=C(NCCOC)NCCN1C(=O)C2C3C=CC(C3)C2C1=O. The van der Waals surface area contributed by atoms with Crippen LogP contribution >= 0.6 is 0 Å². The molecule has 0 radical (unpaired) electrons. The Morgan fingerprint density at radius 1 is 1.22 bits per heavy atom. The molecule has 0 aromatic carbocycles. The minimum absolute atomic E-state index is 0.000907. The van der Waals surface area contributed by atoms with E-state index in [2.05, 4.69) is 27.8 Å². The van der Waals surface area contributed by atoms with Gasteiger partial charge in [0.25, 0.3) is 0 Å². The third-order valence-electron chi connectivity index (χ3n) is 5.01. The first-order valence-electron chi connectivity index (χ1n) is 8.14. The fourth-order valence-electron chi connectivity index (χ4n) is 3.96. The number of imide groups is 1. The zero-order chi connectivity index (χ0) is 16.4. The number of allylic oxidation sites excluding steroid dienone is 2. The highest BCUT2D eigenvalue weighted by Gasteiger charge is 2.58. The average Bonchev–Trinajstić information content (AvgIpc) is 3.22. The number of hydrogen-bond acceptors (Lipinski definition) is 4. The molecule has 23 heavy (non-hydrogen) atoms. The second-order valence-corrected chi connectivity index (χ2v) is 6.25. The Kier molecular flexibility index (Phi) is 4.66. The first-order valence-corrected chi connectivity index (χ1v) is 8.14. The number of fused-ring (bicyclic) bond motifs is 5. The van der Waals surface area contributed by atoms with E-state index < -0.39 is 0 Å². The molecule has 7 heteroatoms. The molecule has 0 aromatic rings. The molecule has 3 aliphatic rings. The monoisotopic (exact) mass is 320 g/mol. The number of methoxy groups -OCH3 is 1. The lowest BCUT2D eigenvalue weighted by atomic mass is 9.85. The van der Waals surface area contributed by atoms with Gasteiger partial charge in [0.15, 0.2) is 5.96 Å². The predicted molar refractivity (Wildman–Crippen MR) is 85.7 cm³/mol. The van der Waals surface area contributed by atoms with Gasteiger partial charge < -0.3 is 15.4 Å². The standard InChI is InChI=1S/C16H24N4O3/c1-17-16(19-6-8-23-2)18-5-7-20-14(21)12-10-3-4-11(9-10)13(12)15(20)22/h3-4,10-13H,5-9H2,1-2H3,(H2,17,18,19). The molecular formula is C16H24N4O3. The van der Waals surface area contributed by atoms with Crippen molar-refractivity contribution in [2.75, 3.05) is 40.4 Å². The summed E-state index contributed by atoms with van der Waals surface area (Å²) in [6.45, 7) is 2.11. The van der Waals surface area contributed by atoms with Gasteiger partial charge in [-0.1, -0.05) is 12.2 Å². The molecule has 2 N–H and O–H groups in total. The molecule has 3 rings (SSSR count). The maximum absolute atomic E-state index is 12.5. The molecule has 1 saturated carbocycles. The van der Waals surface area contributed by atoms with Crippen molar-refractivity contribution in [3.63, 3.8) is 0 Å². The van der Waals surface area contributed by atoms with Crippen LogP contribution in [-0.2, 0) is 14.3 Å². The molecule has 1 saturated heterocycles. The van der Waals surface area contributed by atoms with E-state index in [1.807, 2.05) is 0 Å². The average molecular weight is 320 g/mol. The van der Waals surface area contributed by atoms with Crippen molar-refractivity contribution >= 4 is 17.8 Å². The van der Waals surface area contributed by atoms with E-state index in [-0.39, 0.29) is 35.5 Å². The van der Waals surface area contributed by atoms with Crippen molar-refractivity contribution in [3.8, 4) is 0 Å². The lowest BCUT2D eigenvalue weighted by Crippen LogP contribution is -2.44. The van der Waals surface area contributed by atoms with Gasteiger partial charge in [-0.15, -0.1) is 0 Å². The van der Waals surface area contributed by atoms with E-state index in [1.54, 1.807) is 14.2 Å². The van der Waals surface area contributed by atoms with E-state index in [0.29, 0.717) is 32.2 Å². The van der Waals surface area contributed by atoms with E-state index in [0.717, 1.165) is 6.42 Å². The first-order chi connectivity index (χ1) is 11.2. The Labute approximate surface area is 136 Å². The second kappa shape index (κ2) is 6.70. The van der Waals surface area contributed by atoms with Gasteiger partial charge in [-0.05, 0) is 18.3 Å². The molecule has 0 spiro atoms. The van der Waals surface area contributed by atoms with Crippen molar-refractivity contribution in [1.82, 2.24) is 15.5 Å². The van der Waals surface area contributed by atoms with Gasteiger partial charge in [0, 0.05) is 33.8 Å². The number of amides is 2. The molecule has 1 heterocycles. The highest BCUT2D eigenvalue weighted by molar-refractivity contribution is 6.06. The van der Waals surface area contributed by atoms with Crippen molar-refractivity contribution in [2.45, 2.75) is 6.42 Å². The Balaban J connectivity index is 1.50. The van der Waals surface area contributed by atoms with Crippen LogP contribution in [0.4, 0.5) is 0 Å². The number of nitrogens with zero attached hydrogens (tertiary/aromatic N) is 2. The second-order valence-electron chi connectivity index (χ2n) is 6.25. The zero-order valence-corrected chi connectivity index (χ0v) is 13.6. The summed E-state index contributed by atoms with van der Waals surface area (Å²) < 4.78 is 4.97. The van der Waals surface area contributed by atoms with E-state index in [1.165, 1.54) is 4.90 Å². The lowest BCUT2D eigenvalue weighted by Gasteiger charge is -2.18. The summed E-state index contributed by atoms with van der Waals surface area (Å²) >= 11 is 0. The molecule has 4 atom stereocenters. The van der Waals surface area contributed by atoms with Crippen LogP contribution in [0.2, 0.25) is 0 Å². The number of carbonyl (C=O) groups excluding carboxylic acids is 2. The van der Waals surface area contributed by atoms with Gasteiger partial charge in [0.2, 0.25) is 11.8 Å². The number of ether oxygens (including phenoxy) is 1. The highest BCUT2D eigenvalue weighted by atomic mass is 16.5. The number of carbonyl (C=O) groups is 2. The zero-order valence-electron chi connectivity index (χ0n) is 13.6. The highest BCUT2D eigenvalue weighted by Crippen LogP contribution is 2.52. The van der Waals surface area contributed by atoms with Gasteiger partial charge in [0.1, 0.15) is 0 Å². The van der Waals surface area contributed by atoms with E-state index in [9.17, 15) is 9.59 Å². The number of guanidine groups is 1. The van der Waals surface area contributed by atoms with Crippen molar-refractivity contribution in [2.24, 2.45) is 28.7 Å². The minimum atomic E-state index is -0.114. The van der Waals surface area contributed by atoms with Gasteiger partial charge in [0.05, 0.1) is 18.4 Å². The third kappa shape index (κ3) is 2.85. The third-order valence-corrected chi connectivity index (χ3v) is 5.01. The summed E-state index contributed by atoms with van der Waals surface area (Å²) in [5.41, 5.74) is 0. The van der Waals surface area contributed by atoms with E-state index in [4.69, 9.17) is 4.74 Å². The van der Waals surface area contributed by atoms with Gasteiger partial charge in [-0.2, -0.15) is 0 Å². The maximum atomic E-state index is 12.5. The van der Waals surface area contributed by atoms with Crippen LogP contribution in [0, 0.1) is 23.7 Å². The van der Waals surface area contributed by atoms with Crippen LogP contribution in [0.1, 0.15) is 6.42 Å². The van der Waals surface area contributed by atoms with Crippen molar-refractivity contribution in [1.29, 1.82) is 0 Å². The fraction of sp³-hybridized carbons (Fsp3) is 0.688. The molecule has 1 aliphatic heterocycles. The van der Waals surface area contributed by atoms with Crippen LogP contribution in [-0.4, -0.2) is 63.1 Å². The molecule has 126 valence electrons. The van der Waals surface area contributed by atoms with Gasteiger partial charge >= 0.3 is 0 Å². The summed E-state index contributed by atoms with van der Waals surface area (Å²) in [7, 11) is 3.32. The van der Waals surface area contributed by atoms with Crippen LogP contribution in [0.5, 0.6) is 0 Å². The summed E-state index contributed by atoms with van der Waals surface area (Å²) in [6.07, 6.45) is 5.19. The summed E-state index contributed by atoms with van der Waals surface area (Å²) in [5, 5.41) is 6.22. The molecule has 0 aromatic heterocycles. The number of rotatable bonds is 6. The first kappa shape index (κ1) is 16.0. The minimum Gasteiger partial charge on any atom is -0.383 e. The normalized spacial score (nSPS) is 31.9.